The fraction of sp³-hybridized carbons (Fsp3) is 0.494. The first-order valence-electron chi connectivity index (χ1n) is 38.1. The molecule has 0 bridgehead atoms. The smallest absolute Gasteiger partial charge is 0.425 e. The van der Waals surface area contributed by atoms with Crippen LogP contribution < -0.4 is 20.9 Å². The Morgan fingerprint density at radius 3 is 1.85 bits per heavy atom. The molecule has 2 aliphatic heterocycles. The van der Waals surface area contributed by atoms with Crippen molar-refractivity contribution in [3.8, 4) is 0 Å². The van der Waals surface area contributed by atoms with Crippen molar-refractivity contribution in [2.45, 2.75) is 171 Å². The Labute approximate surface area is 680 Å². The SMILES string of the molecule is CC1(C)C(/C=C/C2=C(Cc3ccc(C[C@H](NC(=O)[C@@H](CC(=O)CC[N+](C)(C)CC[N+](C)(C)CCCC(=O)CC[C@H](NC(=O)NCCCC(=O)O)C(=O)O)Cc4ccccc4)C(=O)O)cc3)C(=C/C=C3/N(CCCCS(=O)(=O)O)c4ccc(S(=O)(=O)O)cc4C3(C)C)/CCC2)=[N+](CCCCS(=O)(=O)[O-])c2ccccc21.O=C=O.O=S(=O)=O. The predicted molar refractivity (Wildman–Crippen MR) is 430 cm³/mol. The van der Waals surface area contributed by atoms with Crippen molar-refractivity contribution >= 4 is 106 Å². The molecule has 3 aliphatic rings. The Morgan fingerprint density at radius 1 is 0.638 bits per heavy atom. The highest BCUT2D eigenvalue weighted by Crippen LogP contribution is 2.49. The van der Waals surface area contributed by atoms with Gasteiger partial charge in [-0.15, -0.1) is 12.6 Å². The number of carboxylic acid groups (broad SMARTS) is 3. The Balaban J connectivity index is 0.00000329. The lowest BCUT2D eigenvalue weighted by molar-refractivity contribution is -0.945. The van der Waals surface area contributed by atoms with Crippen molar-refractivity contribution < 1.29 is 124 Å². The molecule has 3 atom stereocenters. The summed E-state index contributed by atoms with van der Waals surface area (Å²) in [7, 11) is -8.27. The molecule has 35 heteroatoms. The topological polar surface area (TPSA) is 474 Å². The fourth-order valence-electron chi connectivity index (χ4n) is 14.5. The zero-order chi connectivity index (χ0) is 86.6. The molecule has 4 aromatic rings. The molecule has 2 heterocycles. The van der Waals surface area contributed by atoms with Gasteiger partial charge in [0, 0.05) is 104 Å². The Bertz CT molecular complexity index is 4850. The van der Waals surface area contributed by atoms with Gasteiger partial charge in [0.2, 0.25) is 11.6 Å². The summed E-state index contributed by atoms with van der Waals surface area (Å²) in [6.07, 6.45) is 12.9. The van der Waals surface area contributed by atoms with Crippen LogP contribution in [0, 0.1) is 5.92 Å². The molecule has 1 aliphatic carbocycles. The second-order valence-corrected chi connectivity index (χ2v) is 36.4. The number of benzene rings is 4. The van der Waals surface area contributed by atoms with Crippen LogP contribution in [0.5, 0.6) is 0 Å². The van der Waals surface area contributed by atoms with Gasteiger partial charge in [0.05, 0.1) is 73.9 Å². The third-order valence-electron chi connectivity index (χ3n) is 20.9. The third-order valence-corrected chi connectivity index (χ3v) is 23.3. The van der Waals surface area contributed by atoms with Crippen LogP contribution in [-0.4, -0.2) is 231 Å². The molecule has 4 aromatic carbocycles. The standard InChI is InChI=1S/C80H107N7O19S3.CO2.O3S/c1-79(2)66-26-12-13-27-70(66)84(43-14-16-49-107(98,99)100)72(79)39-33-59-23-18-24-60(34-40-73-80(3,4)67-55-64(109(104,105)106)36-38-71(67)85(73)44-15-17-50-108(101,102)103)65(59)52-57-29-31-58(32-30-57)53-69(77(95)96)82-75(92)61(51-56-21-10-9-11-22-56)54-63(89)41-46-87(7,8)48-47-86(5,6)45-20-25-62(88)35-37-68(76(93)94)83-78(97)81-42-19-28-74(90)91;2-1-3;1-4(2)3/h9-13,21-22,26-27,29-34,36,38-40,55,61,68-69H,14-20,23-25,28,35,37,41-54H2,1-8H3,(H6-3,81,82,83,90,91,92,93,94,95,96,97,98,99,100,101,102,103,104,105,106);;/p+2/t61-,68+,69+;;/m1../s1. The molecule has 116 heavy (non-hydrogen) atoms. The van der Waals surface area contributed by atoms with Crippen LogP contribution in [0.25, 0.3) is 0 Å². The van der Waals surface area contributed by atoms with Crippen molar-refractivity contribution in [1.82, 2.24) is 16.0 Å². The monoisotopic (exact) mass is 1690 g/mol. The number of carbonyl (C=O) groups excluding carboxylic acids is 6. The molecule has 0 fully saturated rings. The zero-order valence-corrected chi connectivity index (χ0v) is 70.1. The van der Waals surface area contributed by atoms with Gasteiger partial charge in [-0.05, 0) is 141 Å². The van der Waals surface area contributed by atoms with Gasteiger partial charge in [0.25, 0.3) is 20.2 Å². The molecule has 31 nitrogen and oxygen atoms in total. The number of ketones is 2. The summed E-state index contributed by atoms with van der Waals surface area (Å²) < 4.78 is 132. The maximum atomic E-state index is 14.5. The van der Waals surface area contributed by atoms with E-state index in [1.54, 1.807) is 6.07 Å². The normalized spacial score (nSPS) is 16.0. The van der Waals surface area contributed by atoms with Crippen molar-refractivity contribution in [2.24, 2.45) is 5.92 Å². The summed E-state index contributed by atoms with van der Waals surface area (Å²) in [4.78, 5) is 107. The summed E-state index contributed by atoms with van der Waals surface area (Å²) in [5, 5.41) is 36.7. The number of quaternary nitrogens is 2. The van der Waals surface area contributed by atoms with Gasteiger partial charge in [-0.1, -0.05) is 98.8 Å². The first-order chi connectivity index (χ1) is 54.2. The molecular formula is C81H109N7O24S4+2. The highest BCUT2D eigenvalue weighted by atomic mass is 32.2. The van der Waals surface area contributed by atoms with Crippen LogP contribution in [0.1, 0.15) is 152 Å². The van der Waals surface area contributed by atoms with Crippen molar-refractivity contribution in [3.63, 3.8) is 0 Å². The van der Waals surface area contributed by atoms with Crippen molar-refractivity contribution in [1.29, 1.82) is 0 Å². The van der Waals surface area contributed by atoms with E-state index < -0.39 is 111 Å². The van der Waals surface area contributed by atoms with Gasteiger partial charge in [-0.25, -0.2) is 22.8 Å². The van der Waals surface area contributed by atoms with E-state index in [0.29, 0.717) is 104 Å². The second-order valence-electron chi connectivity index (χ2n) is 31.5. The molecule has 8 N–H and O–H groups in total. The largest absolute Gasteiger partial charge is 0.748 e. The molecule has 3 amide bonds. The third kappa shape index (κ3) is 32.2. The minimum atomic E-state index is -4.59. The highest BCUT2D eigenvalue weighted by molar-refractivity contribution is 7.86. The Hall–Kier alpha value is -9.55. The lowest BCUT2D eigenvalue weighted by Crippen LogP contribution is -2.51. The van der Waals surface area contributed by atoms with E-state index in [2.05, 4.69) is 58.7 Å². The number of para-hydroxylation sites is 1. The number of nitrogens with one attached hydrogen (secondary N) is 3. The number of likely N-dealkylation sites (N-methyl/N-ethyl adjacent to an activating group) is 2. The van der Waals surface area contributed by atoms with E-state index in [-0.39, 0.29) is 99.8 Å². The molecule has 0 unspecified atom stereocenters. The quantitative estimate of drug-likeness (QED) is 0.00904. The minimum Gasteiger partial charge on any atom is -0.748 e. The number of urea groups is 1. The van der Waals surface area contributed by atoms with Crippen LogP contribution in [0.3, 0.4) is 0 Å². The molecule has 7 rings (SSSR count). The number of Topliss-reactive ketones (excluding diaryl/α,β-unsaturated/α-hetero) is 2. The van der Waals surface area contributed by atoms with Crippen molar-refractivity contribution in [2.75, 3.05) is 90.4 Å². The number of amides is 3. The summed E-state index contributed by atoms with van der Waals surface area (Å²) >= 11 is 0. The van der Waals surface area contributed by atoms with Gasteiger partial charge < -0.3 is 49.7 Å². The van der Waals surface area contributed by atoms with E-state index in [1.807, 2.05) is 126 Å². The number of anilines is 1. The molecule has 0 aromatic heterocycles. The summed E-state index contributed by atoms with van der Waals surface area (Å²) in [5.41, 5.74) is 9.12. The second kappa shape index (κ2) is 44.1. The molecule has 634 valence electrons. The maximum absolute atomic E-state index is 14.5. The Kier molecular flexibility index (Phi) is 36.9. The van der Waals surface area contributed by atoms with Gasteiger partial charge in [0.15, 0.2) is 5.71 Å². The number of carbonyl (C=O) groups is 7. The molecule has 0 radical (unpaired) electrons. The number of aliphatic carboxylic acids is 3. The first-order valence-corrected chi connectivity index (χ1v) is 43.7. The number of rotatable bonds is 44. The van der Waals surface area contributed by atoms with Gasteiger partial charge in [-0.3, -0.25) is 28.3 Å². The first kappa shape index (κ1) is 97.0. The van der Waals surface area contributed by atoms with Gasteiger partial charge in [0.1, 0.15) is 43.3 Å². The van der Waals surface area contributed by atoms with Crippen LogP contribution in [0.15, 0.2) is 149 Å². The number of unbranched alkanes of at least 4 members (excludes halogenated alkanes) is 2. The number of hydrogen-bond acceptors (Lipinski definition) is 20. The van der Waals surface area contributed by atoms with Gasteiger partial charge >= 0.3 is 40.7 Å². The van der Waals surface area contributed by atoms with E-state index in [4.69, 9.17) is 27.3 Å². The Morgan fingerprint density at radius 2 is 1.24 bits per heavy atom. The minimum absolute atomic E-state index is 0.0438. The van der Waals surface area contributed by atoms with E-state index in [1.165, 1.54) is 12.1 Å². The number of hydrogen-bond donors (Lipinski definition) is 8. The van der Waals surface area contributed by atoms with Crippen LogP contribution in [0.4, 0.5) is 16.2 Å². The van der Waals surface area contributed by atoms with E-state index >= 15 is 0 Å². The van der Waals surface area contributed by atoms with E-state index in [0.717, 1.165) is 56.9 Å². The van der Waals surface area contributed by atoms with Crippen molar-refractivity contribution in [3.05, 3.63) is 172 Å². The summed E-state index contributed by atoms with van der Waals surface area (Å²) in [5.74, 6) is -6.29. The fourth-order valence-corrected chi connectivity index (χ4v) is 16.1. The maximum Gasteiger partial charge on any atom is 0.425 e. The highest BCUT2D eigenvalue weighted by Gasteiger charge is 2.45. The molecular weight excluding hydrogens is 1580 g/mol. The van der Waals surface area contributed by atoms with Crippen LogP contribution in [0.2, 0.25) is 0 Å². The predicted octanol–water partition coefficient (Wildman–Crippen LogP) is 7.82. The van der Waals surface area contributed by atoms with E-state index in [9.17, 15) is 82.7 Å². The molecule has 0 spiro atoms. The number of carboxylic acids is 3. The lowest BCUT2D eigenvalue weighted by Gasteiger charge is -2.35. The average Bonchev–Trinajstić information content (AvgIpc) is 1.59. The number of allylic oxidation sites excluding steroid dienone is 8. The summed E-state index contributed by atoms with van der Waals surface area (Å²) in [6.45, 7) is 11.4. The van der Waals surface area contributed by atoms with Gasteiger partial charge in [-0.2, -0.15) is 31.0 Å². The van der Waals surface area contributed by atoms with Crippen LogP contribution in [-0.2, 0) is 109 Å². The summed E-state index contributed by atoms with van der Waals surface area (Å²) in [6, 6.07) is 25.7. The average molecular weight is 1690 g/mol. The van der Waals surface area contributed by atoms with Crippen LogP contribution >= 0.6 is 0 Å². The zero-order valence-electron chi connectivity index (χ0n) is 66.8. The number of fused-ring (bicyclic) bond motifs is 2. The number of nitrogens with zero attached hydrogens (tertiary/aromatic N) is 4. The molecule has 0 saturated heterocycles. The molecule has 0 saturated carbocycles. The lowest BCUT2D eigenvalue weighted by atomic mass is 9.80.